The number of nitrogens with zero attached hydrogens (tertiary/aromatic N) is 1. The molecule has 136 valence electrons. The molecule has 0 aliphatic heterocycles. The number of alkyl halides is 3. The van der Waals surface area contributed by atoms with Gasteiger partial charge in [-0.2, -0.15) is 13.2 Å². The van der Waals surface area contributed by atoms with Gasteiger partial charge in [-0.15, -0.1) is 11.3 Å². The summed E-state index contributed by atoms with van der Waals surface area (Å²) in [4.78, 5) is 14.8. The maximum absolute atomic E-state index is 12.4. The summed E-state index contributed by atoms with van der Waals surface area (Å²) in [6.07, 6.45) is -4.88. The fourth-order valence-electron chi connectivity index (χ4n) is 1.68. The minimum atomic E-state index is -4.59. The molecule has 0 spiro atoms. The van der Waals surface area contributed by atoms with Crippen LogP contribution >= 0.6 is 22.9 Å². The number of carbonyl (C=O) groups is 1. The lowest BCUT2D eigenvalue weighted by Gasteiger charge is -2.08. The first kappa shape index (κ1) is 19.6. The van der Waals surface area contributed by atoms with Gasteiger partial charge in [0, 0.05) is 18.3 Å². The van der Waals surface area contributed by atoms with E-state index in [0.717, 1.165) is 5.38 Å². The van der Waals surface area contributed by atoms with E-state index in [1.165, 1.54) is 18.2 Å². The van der Waals surface area contributed by atoms with E-state index in [1.807, 2.05) is 0 Å². The van der Waals surface area contributed by atoms with Gasteiger partial charge in [0.15, 0.2) is 10.8 Å². The smallest absolute Gasteiger partial charge is 0.302 e. The molecule has 12 heteroatoms. The summed E-state index contributed by atoms with van der Waals surface area (Å²) in [5, 5.41) is 2.77. The van der Waals surface area contributed by atoms with E-state index in [-0.39, 0.29) is 28.0 Å². The molecule has 6 nitrogen and oxygen atoms in total. The molecular formula is C13H11ClF3N3O3S2. The lowest BCUT2D eigenvalue weighted by molar-refractivity contribution is -0.140. The fourth-order valence-corrected chi connectivity index (χ4v) is 3.97. The largest absolute Gasteiger partial charge is 0.434 e. The molecule has 0 radical (unpaired) electrons. The quantitative estimate of drug-likeness (QED) is 0.761. The summed E-state index contributed by atoms with van der Waals surface area (Å²) >= 11 is 6.42. The van der Waals surface area contributed by atoms with Gasteiger partial charge in [-0.25, -0.2) is 18.1 Å². The topological polar surface area (TPSA) is 88.2 Å². The van der Waals surface area contributed by atoms with Crippen molar-refractivity contribution in [3.05, 3.63) is 40.4 Å². The zero-order chi connectivity index (χ0) is 18.7. The van der Waals surface area contributed by atoms with Crippen LogP contribution in [0, 0.1) is 0 Å². The summed E-state index contributed by atoms with van der Waals surface area (Å²) in [6.45, 7) is -0.253. The van der Waals surface area contributed by atoms with E-state index >= 15 is 0 Å². The number of amides is 1. The van der Waals surface area contributed by atoms with Crippen LogP contribution in [0.15, 0.2) is 34.5 Å². The summed E-state index contributed by atoms with van der Waals surface area (Å²) in [5.74, 6) is -0.676. The van der Waals surface area contributed by atoms with Crippen molar-refractivity contribution in [1.29, 1.82) is 0 Å². The van der Waals surface area contributed by atoms with Crippen molar-refractivity contribution in [3.8, 4) is 0 Å². The van der Waals surface area contributed by atoms with Gasteiger partial charge in [-0.05, 0) is 12.1 Å². The molecular weight excluding hydrogens is 403 g/mol. The second-order valence-electron chi connectivity index (χ2n) is 4.66. The van der Waals surface area contributed by atoms with Crippen molar-refractivity contribution in [1.82, 2.24) is 9.71 Å². The molecule has 1 aromatic heterocycles. The number of nitrogens with one attached hydrogen (secondary N) is 2. The van der Waals surface area contributed by atoms with Crippen molar-refractivity contribution < 1.29 is 26.4 Å². The number of benzene rings is 1. The number of hydrogen-bond acceptors (Lipinski definition) is 5. The first-order valence-electron chi connectivity index (χ1n) is 6.66. The van der Waals surface area contributed by atoms with E-state index in [1.54, 1.807) is 6.07 Å². The van der Waals surface area contributed by atoms with Crippen molar-refractivity contribution >= 4 is 44.0 Å². The van der Waals surface area contributed by atoms with Crippen molar-refractivity contribution in [2.24, 2.45) is 0 Å². The molecule has 0 saturated carbocycles. The van der Waals surface area contributed by atoms with Crippen molar-refractivity contribution in [3.63, 3.8) is 0 Å². The first-order valence-corrected chi connectivity index (χ1v) is 9.40. The Labute approximate surface area is 150 Å². The third-order valence-electron chi connectivity index (χ3n) is 2.81. The lowest BCUT2D eigenvalue weighted by Crippen LogP contribution is -2.28. The first-order chi connectivity index (χ1) is 11.6. The molecule has 0 aliphatic carbocycles. The number of carbonyl (C=O) groups excluding carboxylic acids is 1. The number of sulfonamides is 1. The fraction of sp³-hybridized carbons (Fsp3) is 0.231. The Bertz CT molecular complexity index is 869. The molecule has 0 atom stereocenters. The van der Waals surface area contributed by atoms with Gasteiger partial charge in [0.25, 0.3) is 0 Å². The Morgan fingerprint density at radius 3 is 2.56 bits per heavy atom. The van der Waals surface area contributed by atoms with E-state index in [4.69, 9.17) is 11.6 Å². The average molecular weight is 414 g/mol. The maximum atomic E-state index is 12.4. The van der Waals surface area contributed by atoms with E-state index in [2.05, 4.69) is 15.0 Å². The van der Waals surface area contributed by atoms with Crippen molar-refractivity contribution in [2.45, 2.75) is 17.5 Å². The number of halogens is 4. The maximum Gasteiger partial charge on any atom is 0.434 e. The van der Waals surface area contributed by atoms with E-state index in [0.29, 0.717) is 11.3 Å². The highest BCUT2D eigenvalue weighted by molar-refractivity contribution is 7.89. The zero-order valence-electron chi connectivity index (χ0n) is 12.3. The van der Waals surface area contributed by atoms with Crippen LogP contribution in [0.3, 0.4) is 0 Å². The predicted octanol–water partition coefficient (Wildman–Crippen LogP) is 3.12. The minimum Gasteiger partial charge on any atom is -0.302 e. The van der Waals surface area contributed by atoms with Crippen LogP contribution in [0.4, 0.5) is 18.3 Å². The number of aromatic nitrogens is 1. The second-order valence-corrected chi connectivity index (χ2v) is 7.66. The summed E-state index contributed by atoms with van der Waals surface area (Å²) < 4.78 is 63.5. The molecule has 2 N–H and O–H groups in total. The minimum absolute atomic E-state index is 0.0296. The van der Waals surface area contributed by atoms with Gasteiger partial charge in [0.2, 0.25) is 15.9 Å². The Kier molecular flexibility index (Phi) is 6.03. The molecule has 2 rings (SSSR count). The number of anilines is 1. The SMILES string of the molecule is O=C(CCNS(=O)(=O)c1ccccc1Cl)Nc1nc(C(F)(F)F)cs1. The monoisotopic (exact) mass is 413 g/mol. The highest BCUT2D eigenvalue weighted by Gasteiger charge is 2.33. The molecule has 0 saturated heterocycles. The molecule has 0 aliphatic rings. The van der Waals surface area contributed by atoms with Gasteiger partial charge in [0.05, 0.1) is 5.02 Å². The van der Waals surface area contributed by atoms with Gasteiger partial charge >= 0.3 is 6.18 Å². The Hall–Kier alpha value is -1.69. The van der Waals surface area contributed by atoms with E-state index < -0.39 is 27.8 Å². The van der Waals surface area contributed by atoms with Crippen LogP contribution in [0.1, 0.15) is 12.1 Å². The van der Waals surface area contributed by atoms with Crippen LogP contribution in [-0.2, 0) is 21.0 Å². The Balaban J connectivity index is 1.88. The van der Waals surface area contributed by atoms with Gasteiger partial charge in [0.1, 0.15) is 4.90 Å². The van der Waals surface area contributed by atoms with Crippen molar-refractivity contribution in [2.75, 3.05) is 11.9 Å². The highest BCUT2D eigenvalue weighted by atomic mass is 35.5. The third kappa shape index (κ3) is 5.39. The third-order valence-corrected chi connectivity index (χ3v) is 5.53. The lowest BCUT2D eigenvalue weighted by atomic mass is 10.4. The van der Waals surface area contributed by atoms with Gasteiger partial charge in [-0.1, -0.05) is 23.7 Å². The average Bonchev–Trinajstić information content (AvgIpc) is 2.96. The van der Waals surface area contributed by atoms with Crippen LogP contribution in [0.2, 0.25) is 5.02 Å². The molecule has 2 aromatic rings. The van der Waals surface area contributed by atoms with Crippen LogP contribution in [0.5, 0.6) is 0 Å². The molecule has 1 amide bonds. The standard InChI is InChI=1S/C13H11ClF3N3O3S2/c14-8-3-1-2-4-9(8)25(22,23)18-6-5-11(21)20-12-19-10(7-24-12)13(15,16)17/h1-4,7,18H,5-6H2,(H,19,20,21). The Morgan fingerprint density at radius 2 is 1.96 bits per heavy atom. The molecule has 1 heterocycles. The van der Waals surface area contributed by atoms with Crippen LogP contribution in [-0.4, -0.2) is 25.9 Å². The molecule has 0 fully saturated rings. The highest BCUT2D eigenvalue weighted by Crippen LogP contribution is 2.31. The molecule has 0 bridgehead atoms. The Morgan fingerprint density at radius 1 is 1.28 bits per heavy atom. The zero-order valence-corrected chi connectivity index (χ0v) is 14.7. The van der Waals surface area contributed by atoms with Crippen LogP contribution in [0.25, 0.3) is 0 Å². The molecule has 25 heavy (non-hydrogen) atoms. The number of hydrogen-bond donors (Lipinski definition) is 2. The summed E-state index contributed by atoms with van der Waals surface area (Å²) in [6, 6.07) is 5.77. The second kappa shape index (κ2) is 7.68. The molecule has 0 unspecified atom stereocenters. The van der Waals surface area contributed by atoms with Gasteiger partial charge in [-0.3, -0.25) is 4.79 Å². The number of rotatable bonds is 6. The van der Waals surface area contributed by atoms with Gasteiger partial charge < -0.3 is 5.32 Å². The molecule has 1 aromatic carbocycles. The van der Waals surface area contributed by atoms with Crippen LogP contribution < -0.4 is 10.0 Å². The number of thiazole rings is 1. The predicted molar refractivity (Wildman–Crippen MR) is 87.0 cm³/mol. The van der Waals surface area contributed by atoms with E-state index in [9.17, 15) is 26.4 Å². The summed E-state index contributed by atoms with van der Waals surface area (Å²) in [7, 11) is -3.90. The normalized spacial score (nSPS) is 12.2. The summed E-state index contributed by atoms with van der Waals surface area (Å²) in [5.41, 5.74) is -1.10.